The highest BCUT2D eigenvalue weighted by Gasteiger charge is 2.25. The van der Waals surface area contributed by atoms with Crippen molar-refractivity contribution in [2.24, 2.45) is 4.99 Å². The summed E-state index contributed by atoms with van der Waals surface area (Å²) < 4.78 is 14.7. The number of hydrogen-bond donors (Lipinski definition) is 2. The summed E-state index contributed by atoms with van der Waals surface area (Å²) in [5, 5.41) is 11.3. The summed E-state index contributed by atoms with van der Waals surface area (Å²) in [4.78, 5) is 35.4. The Hall–Kier alpha value is -3.53. The molecule has 0 atom stereocenters. The average molecular weight is 494 g/mol. The van der Waals surface area contributed by atoms with E-state index >= 15 is 0 Å². The van der Waals surface area contributed by atoms with Crippen molar-refractivity contribution in [3.05, 3.63) is 41.5 Å². The standard InChI is InChI=1S/C26H32FN7O2/c1-17(2)34-8-4-3-5-22(35)32-9-11-33(12-10-32)25-23-20(26(36)31-24(23)29-16-30-25)14-28-19-6-7-21(27)18(13-19)15-34/h6-7,13-14,16-17,36H,3-5,8-12,15H2,1-2H3,(H,29,30,31). The lowest BCUT2D eigenvalue weighted by molar-refractivity contribution is -0.131. The predicted molar refractivity (Wildman–Crippen MR) is 137 cm³/mol. The molecule has 2 N–H and O–H groups in total. The molecule has 10 heteroatoms. The summed E-state index contributed by atoms with van der Waals surface area (Å²) in [7, 11) is 0. The highest BCUT2D eigenvalue weighted by molar-refractivity contribution is 6.06. The normalized spacial score (nSPS) is 18.1. The van der Waals surface area contributed by atoms with E-state index in [1.807, 2.05) is 4.90 Å². The van der Waals surface area contributed by atoms with E-state index in [9.17, 15) is 14.3 Å². The SMILES string of the molecule is CC(C)N1CCCCC(=O)N2CCN(CC2)c2ncnc3[nH]c(O)c(c23)C=Nc2ccc(F)c(c2)C1. The van der Waals surface area contributed by atoms with Crippen LogP contribution >= 0.6 is 0 Å². The lowest BCUT2D eigenvalue weighted by Gasteiger charge is -2.35. The van der Waals surface area contributed by atoms with Crippen LogP contribution in [-0.4, -0.2) is 80.7 Å². The summed E-state index contributed by atoms with van der Waals surface area (Å²) in [6, 6.07) is 5.05. The first-order valence-corrected chi connectivity index (χ1v) is 12.6. The van der Waals surface area contributed by atoms with Crippen LogP contribution in [0.1, 0.15) is 44.2 Å². The summed E-state index contributed by atoms with van der Waals surface area (Å²) in [6.07, 6.45) is 5.22. The van der Waals surface area contributed by atoms with E-state index in [0.29, 0.717) is 72.8 Å². The topological polar surface area (TPSA) is 101 Å². The number of aromatic hydroxyl groups is 1. The first kappa shape index (κ1) is 24.2. The van der Waals surface area contributed by atoms with Gasteiger partial charge >= 0.3 is 0 Å². The van der Waals surface area contributed by atoms with E-state index in [0.717, 1.165) is 19.4 Å². The van der Waals surface area contributed by atoms with Gasteiger partial charge in [-0.3, -0.25) is 14.7 Å². The zero-order chi connectivity index (χ0) is 25.2. The lowest BCUT2D eigenvalue weighted by atomic mass is 10.1. The Morgan fingerprint density at radius 1 is 1.06 bits per heavy atom. The molecule has 0 saturated carbocycles. The number of nitrogens with one attached hydrogen (secondary N) is 1. The third-order valence-corrected chi connectivity index (χ3v) is 7.08. The quantitative estimate of drug-likeness (QED) is 0.537. The van der Waals surface area contributed by atoms with E-state index in [2.05, 4.69) is 43.6 Å². The second kappa shape index (κ2) is 10.2. The largest absolute Gasteiger partial charge is 0.494 e. The van der Waals surface area contributed by atoms with Crippen molar-refractivity contribution in [3.8, 4) is 5.88 Å². The van der Waals surface area contributed by atoms with Crippen molar-refractivity contribution in [1.82, 2.24) is 24.8 Å². The van der Waals surface area contributed by atoms with Crippen LogP contribution in [0, 0.1) is 5.82 Å². The van der Waals surface area contributed by atoms with Crippen LogP contribution in [0.3, 0.4) is 0 Å². The minimum absolute atomic E-state index is 0.0523. The van der Waals surface area contributed by atoms with Gasteiger partial charge in [-0.2, -0.15) is 0 Å². The van der Waals surface area contributed by atoms with Crippen molar-refractivity contribution >= 4 is 34.7 Å². The van der Waals surface area contributed by atoms with Crippen LogP contribution < -0.4 is 4.90 Å². The molecule has 2 aromatic heterocycles. The number of carbonyl (C=O) groups excluding carboxylic acids is 1. The molecule has 4 bridgehead atoms. The van der Waals surface area contributed by atoms with Gasteiger partial charge in [-0.05, 0) is 51.4 Å². The van der Waals surface area contributed by atoms with Crippen molar-refractivity contribution in [1.29, 1.82) is 0 Å². The van der Waals surface area contributed by atoms with Gasteiger partial charge in [0.25, 0.3) is 0 Å². The molecule has 0 unspecified atom stereocenters. The average Bonchev–Trinajstić information content (AvgIpc) is 3.20. The number of amides is 1. The van der Waals surface area contributed by atoms with Crippen LogP contribution in [0.2, 0.25) is 0 Å². The van der Waals surface area contributed by atoms with E-state index in [4.69, 9.17) is 0 Å². The van der Waals surface area contributed by atoms with Crippen molar-refractivity contribution in [3.63, 3.8) is 0 Å². The monoisotopic (exact) mass is 493 g/mol. The number of fused-ring (bicyclic) bond motifs is 8. The fourth-order valence-corrected chi connectivity index (χ4v) is 4.94. The maximum Gasteiger partial charge on any atom is 0.222 e. The number of benzene rings is 1. The second-order valence-corrected chi connectivity index (χ2v) is 9.73. The third kappa shape index (κ3) is 4.90. The Balaban J connectivity index is 1.56. The van der Waals surface area contributed by atoms with Crippen LogP contribution in [0.25, 0.3) is 11.0 Å². The van der Waals surface area contributed by atoms with Gasteiger partial charge in [0.1, 0.15) is 23.6 Å². The number of nitrogens with zero attached hydrogens (tertiary/aromatic N) is 6. The first-order valence-electron chi connectivity index (χ1n) is 12.6. The maximum atomic E-state index is 14.7. The highest BCUT2D eigenvalue weighted by Crippen LogP contribution is 2.32. The molecule has 0 radical (unpaired) electrons. The number of aromatic nitrogens is 3. The van der Waals surface area contributed by atoms with E-state index in [-0.39, 0.29) is 23.6 Å². The number of H-pyrrole nitrogens is 1. The van der Waals surface area contributed by atoms with E-state index in [1.54, 1.807) is 18.3 Å². The molecule has 5 heterocycles. The third-order valence-electron chi connectivity index (χ3n) is 7.08. The minimum atomic E-state index is -0.275. The number of anilines is 1. The van der Waals surface area contributed by atoms with Gasteiger partial charge < -0.3 is 19.9 Å². The fourth-order valence-electron chi connectivity index (χ4n) is 4.94. The Labute approximate surface area is 209 Å². The van der Waals surface area contributed by atoms with Crippen LogP contribution in [-0.2, 0) is 11.3 Å². The predicted octanol–water partition coefficient (Wildman–Crippen LogP) is 3.60. The van der Waals surface area contributed by atoms with Crippen LogP contribution in [0.5, 0.6) is 5.88 Å². The highest BCUT2D eigenvalue weighted by atomic mass is 19.1. The molecule has 190 valence electrons. The number of hydrogen-bond acceptors (Lipinski definition) is 7. The summed E-state index contributed by atoms with van der Waals surface area (Å²) in [5.74, 6) is 0.532. The van der Waals surface area contributed by atoms with Crippen molar-refractivity contribution < 1.29 is 14.3 Å². The summed E-state index contributed by atoms with van der Waals surface area (Å²) >= 11 is 0. The molecule has 1 amide bonds. The van der Waals surface area contributed by atoms with Gasteiger partial charge in [-0.15, -0.1) is 0 Å². The van der Waals surface area contributed by atoms with Gasteiger partial charge in [0.2, 0.25) is 5.91 Å². The van der Waals surface area contributed by atoms with E-state index in [1.165, 1.54) is 12.4 Å². The summed E-state index contributed by atoms with van der Waals surface area (Å²) in [5.41, 5.74) is 2.15. The Kier molecular flexibility index (Phi) is 6.86. The molecule has 6 rings (SSSR count). The molecule has 1 aromatic carbocycles. The Morgan fingerprint density at radius 3 is 2.61 bits per heavy atom. The van der Waals surface area contributed by atoms with Crippen molar-refractivity contribution in [2.45, 2.75) is 45.7 Å². The van der Waals surface area contributed by atoms with Gasteiger partial charge in [-0.25, -0.2) is 14.4 Å². The van der Waals surface area contributed by atoms with Gasteiger partial charge in [0, 0.05) is 57.0 Å². The maximum absolute atomic E-state index is 14.7. The van der Waals surface area contributed by atoms with Crippen LogP contribution in [0.4, 0.5) is 15.9 Å². The Morgan fingerprint density at radius 2 is 1.83 bits per heavy atom. The molecule has 0 spiro atoms. The molecule has 0 aliphatic carbocycles. The van der Waals surface area contributed by atoms with Gasteiger partial charge in [0.05, 0.1) is 16.6 Å². The lowest BCUT2D eigenvalue weighted by Crippen LogP contribution is -2.49. The molecular formula is C26H32FN7O2. The summed E-state index contributed by atoms with van der Waals surface area (Å²) in [6.45, 7) is 7.96. The molecule has 3 aromatic rings. The molecule has 3 aliphatic rings. The number of halogens is 1. The molecule has 1 saturated heterocycles. The Bertz CT molecular complexity index is 1280. The molecule has 3 aliphatic heterocycles. The second-order valence-electron chi connectivity index (χ2n) is 9.73. The molecule has 36 heavy (non-hydrogen) atoms. The number of rotatable bonds is 1. The molecule has 1 fully saturated rings. The zero-order valence-electron chi connectivity index (χ0n) is 20.7. The minimum Gasteiger partial charge on any atom is -0.494 e. The van der Waals surface area contributed by atoms with Gasteiger partial charge in [0.15, 0.2) is 5.88 Å². The molecular weight excluding hydrogens is 461 g/mol. The number of aromatic amines is 1. The number of piperazine rings is 1. The zero-order valence-corrected chi connectivity index (χ0v) is 20.7. The van der Waals surface area contributed by atoms with Gasteiger partial charge in [-0.1, -0.05) is 0 Å². The number of carbonyl (C=O) groups is 1. The molecule has 9 nitrogen and oxygen atoms in total. The van der Waals surface area contributed by atoms with Crippen molar-refractivity contribution in [2.75, 3.05) is 37.6 Å². The smallest absolute Gasteiger partial charge is 0.222 e. The number of aliphatic imine (C=N–C) groups is 1. The van der Waals surface area contributed by atoms with E-state index < -0.39 is 0 Å². The first-order chi connectivity index (χ1) is 17.4. The fraction of sp³-hybridized carbons (Fsp3) is 0.462. The van der Waals surface area contributed by atoms with Crippen LogP contribution in [0.15, 0.2) is 29.5 Å².